The second-order valence-corrected chi connectivity index (χ2v) is 7.62. The molecule has 0 spiro atoms. The maximum atomic E-state index is 13.9. The van der Waals surface area contributed by atoms with Gasteiger partial charge in [-0.3, -0.25) is 9.98 Å². The largest absolute Gasteiger partial charge is 0.493 e. The number of nitrogens with zero attached hydrogens (tertiary/aromatic N) is 4. The van der Waals surface area contributed by atoms with E-state index in [4.69, 9.17) is 4.99 Å². The first-order chi connectivity index (χ1) is 15.0. The standard InChI is InChI=1S/C21H20FN7O2/c1-11-2-3-12(6-15(11)22)9-23-17-8-18(25-14-4-5-14)29-19(27-17)13(10-24-29)7-16-20(30)28-21(31)26-16/h2-3,6-8,10,14,23,30H,4-5,9H2,1H3,(H2,26,28,31). The van der Waals surface area contributed by atoms with Crippen LogP contribution in [0.25, 0.3) is 11.7 Å². The van der Waals surface area contributed by atoms with Gasteiger partial charge >= 0.3 is 5.69 Å². The fourth-order valence-electron chi connectivity index (χ4n) is 3.23. The normalized spacial score (nSPS) is 15.2. The highest BCUT2D eigenvalue weighted by Crippen LogP contribution is 2.22. The Labute approximate surface area is 175 Å². The molecule has 0 unspecified atom stereocenters. The first-order valence-electron chi connectivity index (χ1n) is 9.91. The minimum Gasteiger partial charge on any atom is -0.493 e. The number of imidazole rings is 1. The number of aromatic nitrogens is 5. The molecule has 5 rings (SSSR count). The molecule has 1 aliphatic carbocycles. The molecule has 3 aromatic heterocycles. The van der Waals surface area contributed by atoms with Crippen molar-refractivity contribution in [2.75, 3.05) is 5.32 Å². The second kappa shape index (κ2) is 7.38. The Morgan fingerprint density at radius 2 is 2.19 bits per heavy atom. The molecule has 0 bridgehead atoms. The van der Waals surface area contributed by atoms with Gasteiger partial charge < -0.3 is 15.4 Å². The summed E-state index contributed by atoms with van der Waals surface area (Å²) in [6.07, 6.45) is 5.25. The van der Waals surface area contributed by atoms with E-state index in [1.165, 1.54) is 6.07 Å². The third-order valence-corrected chi connectivity index (χ3v) is 5.09. The van der Waals surface area contributed by atoms with Crippen molar-refractivity contribution in [1.82, 2.24) is 24.6 Å². The van der Waals surface area contributed by atoms with Crippen LogP contribution in [0.3, 0.4) is 0 Å². The van der Waals surface area contributed by atoms with Gasteiger partial charge in [0.15, 0.2) is 11.1 Å². The monoisotopic (exact) mass is 421 g/mol. The number of hydrogen-bond donors (Lipinski definition) is 4. The van der Waals surface area contributed by atoms with E-state index in [1.54, 1.807) is 29.8 Å². The molecule has 0 amide bonds. The molecule has 158 valence electrons. The second-order valence-electron chi connectivity index (χ2n) is 7.62. The van der Waals surface area contributed by atoms with Crippen LogP contribution in [0.5, 0.6) is 5.88 Å². The Kier molecular flexibility index (Phi) is 4.54. The summed E-state index contributed by atoms with van der Waals surface area (Å²) in [7, 11) is 0. The zero-order valence-corrected chi connectivity index (χ0v) is 16.7. The molecule has 1 saturated carbocycles. The van der Waals surface area contributed by atoms with E-state index >= 15 is 0 Å². The number of rotatable bonds is 5. The van der Waals surface area contributed by atoms with Crippen molar-refractivity contribution in [3.8, 4) is 5.88 Å². The molecule has 0 aliphatic heterocycles. The van der Waals surface area contributed by atoms with Crippen molar-refractivity contribution >= 4 is 17.5 Å². The van der Waals surface area contributed by atoms with Crippen molar-refractivity contribution in [2.45, 2.75) is 32.4 Å². The Bertz CT molecular complexity index is 1460. The number of H-pyrrole nitrogens is 2. The molecule has 1 aromatic carbocycles. The summed E-state index contributed by atoms with van der Waals surface area (Å²) in [6.45, 7) is 2.11. The maximum absolute atomic E-state index is 13.9. The Hall–Kier alpha value is -3.95. The number of fused-ring (bicyclic) bond motifs is 1. The zero-order chi connectivity index (χ0) is 21.5. The number of hydrogen-bond acceptors (Lipinski definition) is 6. The summed E-state index contributed by atoms with van der Waals surface area (Å²) in [5, 5.41) is 18.1. The fraction of sp³-hybridized carbons (Fsp3) is 0.238. The molecule has 0 saturated heterocycles. The summed E-state index contributed by atoms with van der Waals surface area (Å²) in [5.74, 6) is 0.0536. The Morgan fingerprint density at radius 1 is 1.35 bits per heavy atom. The summed E-state index contributed by atoms with van der Waals surface area (Å²) < 4.78 is 15.5. The Morgan fingerprint density at radius 3 is 2.90 bits per heavy atom. The van der Waals surface area contributed by atoms with Crippen molar-refractivity contribution in [1.29, 1.82) is 0 Å². The maximum Gasteiger partial charge on any atom is 0.326 e. The van der Waals surface area contributed by atoms with Crippen molar-refractivity contribution in [3.05, 3.63) is 74.3 Å². The molecule has 4 aromatic rings. The third-order valence-electron chi connectivity index (χ3n) is 5.09. The van der Waals surface area contributed by atoms with Gasteiger partial charge in [0.05, 0.1) is 12.2 Å². The van der Waals surface area contributed by atoms with Gasteiger partial charge in [0.25, 0.3) is 0 Å². The average molecular weight is 421 g/mol. The average Bonchev–Trinajstić information content (AvgIpc) is 3.37. The van der Waals surface area contributed by atoms with Crippen LogP contribution < -0.4 is 21.7 Å². The lowest BCUT2D eigenvalue weighted by Gasteiger charge is -2.07. The lowest BCUT2D eigenvalue weighted by atomic mass is 10.1. The molecular formula is C21H20FN7O2. The van der Waals surface area contributed by atoms with Crippen LogP contribution in [0.4, 0.5) is 10.2 Å². The van der Waals surface area contributed by atoms with Crippen molar-refractivity contribution in [2.24, 2.45) is 4.99 Å². The minimum atomic E-state index is -0.509. The molecule has 0 radical (unpaired) electrons. The highest BCUT2D eigenvalue weighted by molar-refractivity contribution is 5.58. The number of benzene rings is 1. The lowest BCUT2D eigenvalue weighted by Crippen LogP contribution is -2.20. The Balaban J connectivity index is 1.57. The van der Waals surface area contributed by atoms with Crippen molar-refractivity contribution < 1.29 is 9.50 Å². The summed E-state index contributed by atoms with van der Waals surface area (Å²) in [4.78, 5) is 25.6. The van der Waals surface area contributed by atoms with Crippen LogP contribution in [0.1, 0.15) is 29.7 Å². The highest BCUT2D eigenvalue weighted by Gasteiger charge is 2.20. The predicted octanol–water partition coefficient (Wildman–Crippen LogP) is 1.12. The van der Waals surface area contributed by atoms with Crippen LogP contribution in [0.15, 0.2) is 40.2 Å². The van der Waals surface area contributed by atoms with Gasteiger partial charge in [-0.25, -0.2) is 14.2 Å². The number of anilines is 1. The van der Waals surface area contributed by atoms with Gasteiger partial charge in [-0.2, -0.15) is 9.61 Å². The van der Waals surface area contributed by atoms with Crippen LogP contribution in [-0.4, -0.2) is 35.7 Å². The molecule has 1 aliphatic rings. The van der Waals surface area contributed by atoms with E-state index in [1.807, 2.05) is 12.1 Å². The van der Waals surface area contributed by atoms with E-state index in [-0.39, 0.29) is 23.4 Å². The molecule has 4 N–H and O–H groups in total. The number of aromatic amines is 2. The fourth-order valence-corrected chi connectivity index (χ4v) is 3.23. The zero-order valence-electron chi connectivity index (χ0n) is 16.7. The molecule has 3 heterocycles. The minimum absolute atomic E-state index is 0.232. The van der Waals surface area contributed by atoms with Gasteiger partial charge in [0, 0.05) is 17.8 Å². The van der Waals surface area contributed by atoms with Crippen LogP contribution >= 0.6 is 0 Å². The third kappa shape index (κ3) is 3.91. The van der Waals surface area contributed by atoms with E-state index < -0.39 is 5.69 Å². The van der Waals surface area contributed by atoms with Gasteiger partial charge in [0.1, 0.15) is 17.3 Å². The molecule has 10 heteroatoms. The number of aryl methyl sites for hydroxylation is 1. The molecule has 1 fully saturated rings. The lowest BCUT2D eigenvalue weighted by molar-refractivity contribution is 0.454. The molecular weight excluding hydrogens is 401 g/mol. The summed E-state index contributed by atoms with van der Waals surface area (Å²) in [6, 6.07) is 7.18. The SMILES string of the molecule is Cc1ccc(CNc2cc(=NC3CC3)n3ncc(=Cc4[nH]c(=O)[nH]c4O)c3n2)cc1F. The van der Waals surface area contributed by atoms with E-state index in [0.717, 1.165) is 18.4 Å². The van der Waals surface area contributed by atoms with Gasteiger partial charge in [-0.15, -0.1) is 0 Å². The van der Waals surface area contributed by atoms with Crippen LogP contribution in [-0.2, 0) is 6.54 Å². The van der Waals surface area contributed by atoms with Gasteiger partial charge in [-0.1, -0.05) is 12.1 Å². The highest BCUT2D eigenvalue weighted by atomic mass is 19.1. The predicted molar refractivity (Wildman–Crippen MR) is 112 cm³/mol. The van der Waals surface area contributed by atoms with E-state index in [9.17, 15) is 14.3 Å². The number of halogens is 1. The van der Waals surface area contributed by atoms with Crippen LogP contribution in [0.2, 0.25) is 0 Å². The number of aromatic hydroxyl groups is 1. The van der Waals surface area contributed by atoms with E-state index in [2.05, 4.69) is 25.4 Å². The van der Waals surface area contributed by atoms with Gasteiger partial charge in [0.2, 0.25) is 5.88 Å². The molecule has 31 heavy (non-hydrogen) atoms. The first-order valence-corrected chi connectivity index (χ1v) is 9.91. The van der Waals surface area contributed by atoms with Crippen LogP contribution in [0, 0.1) is 12.7 Å². The smallest absolute Gasteiger partial charge is 0.326 e. The quantitative estimate of drug-likeness (QED) is 0.385. The van der Waals surface area contributed by atoms with Crippen molar-refractivity contribution in [3.63, 3.8) is 0 Å². The van der Waals surface area contributed by atoms with Gasteiger partial charge in [-0.05, 0) is 43.0 Å². The summed E-state index contributed by atoms with van der Waals surface area (Å²) >= 11 is 0. The number of nitrogens with one attached hydrogen (secondary N) is 3. The first kappa shape index (κ1) is 19.0. The molecule has 9 nitrogen and oxygen atoms in total. The summed E-state index contributed by atoms with van der Waals surface area (Å²) in [5.41, 5.74) is 2.28. The van der Waals surface area contributed by atoms with E-state index in [0.29, 0.717) is 34.3 Å². The topological polar surface area (TPSA) is 123 Å². The molecule has 0 atom stereocenters.